The molecular weight excluding hydrogens is 184 g/mol. The quantitative estimate of drug-likeness (QED) is 0.754. The van der Waals surface area contributed by atoms with Crippen molar-refractivity contribution in [1.29, 1.82) is 0 Å². The molecule has 1 nitrogen and oxygen atoms in total. The Kier molecular flexibility index (Phi) is 2.54. The van der Waals surface area contributed by atoms with Crippen molar-refractivity contribution in [3.05, 3.63) is 0 Å². The molecule has 0 aromatic rings. The van der Waals surface area contributed by atoms with E-state index in [4.69, 9.17) is 0 Å². The maximum atomic E-state index is 9.80. The molecule has 0 aromatic heterocycles. The molecule has 0 saturated heterocycles. The maximum Gasteiger partial charge on any atom is 0.0490 e. The lowest BCUT2D eigenvalue weighted by molar-refractivity contribution is 0.0404. The number of fused-ring (bicyclic) bond motifs is 2. The van der Waals surface area contributed by atoms with Crippen molar-refractivity contribution in [2.45, 2.75) is 57.8 Å². The lowest BCUT2D eigenvalue weighted by Gasteiger charge is -2.38. The predicted octanol–water partition coefficient (Wildman–Crippen LogP) is 3.37. The lowest BCUT2D eigenvalue weighted by atomic mass is 9.68. The average Bonchev–Trinajstić information content (AvgIpc) is 2.93. The van der Waals surface area contributed by atoms with Gasteiger partial charge in [0.15, 0.2) is 0 Å². The topological polar surface area (TPSA) is 20.2 Å². The molecule has 0 amide bonds. The van der Waals surface area contributed by atoms with Crippen LogP contribution in [0.1, 0.15) is 57.8 Å². The Morgan fingerprint density at radius 2 is 1.87 bits per heavy atom. The van der Waals surface area contributed by atoms with E-state index in [1.807, 2.05) is 0 Å². The average molecular weight is 208 g/mol. The van der Waals surface area contributed by atoms with Gasteiger partial charge in [0, 0.05) is 6.61 Å². The van der Waals surface area contributed by atoms with Gasteiger partial charge in [0.25, 0.3) is 0 Å². The van der Waals surface area contributed by atoms with Gasteiger partial charge < -0.3 is 5.11 Å². The number of hydrogen-bond donors (Lipinski definition) is 1. The zero-order chi connectivity index (χ0) is 10.3. The molecule has 3 aliphatic carbocycles. The summed E-state index contributed by atoms with van der Waals surface area (Å²) < 4.78 is 0. The van der Waals surface area contributed by atoms with Gasteiger partial charge >= 0.3 is 0 Å². The van der Waals surface area contributed by atoms with E-state index in [0.717, 1.165) is 17.8 Å². The van der Waals surface area contributed by atoms with Gasteiger partial charge in [-0.05, 0) is 48.9 Å². The van der Waals surface area contributed by atoms with E-state index in [1.54, 1.807) is 0 Å². The smallest absolute Gasteiger partial charge is 0.0490 e. The third-order valence-corrected chi connectivity index (χ3v) is 5.59. The van der Waals surface area contributed by atoms with Crippen molar-refractivity contribution < 1.29 is 5.11 Å². The van der Waals surface area contributed by atoms with E-state index in [0.29, 0.717) is 12.0 Å². The standard InChI is InChI=1S/C14H24O/c15-10-14(8-11-3-1-2-4-11)9-12-5-6-13(14)7-12/h11-13,15H,1-10H2. The van der Waals surface area contributed by atoms with Crippen LogP contribution in [0.25, 0.3) is 0 Å². The van der Waals surface area contributed by atoms with Crippen molar-refractivity contribution in [3.63, 3.8) is 0 Å². The van der Waals surface area contributed by atoms with Crippen molar-refractivity contribution in [2.75, 3.05) is 6.61 Å². The molecule has 1 heteroatoms. The van der Waals surface area contributed by atoms with Gasteiger partial charge in [-0.3, -0.25) is 0 Å². The van der Waals surface area contributed by atoms with Crippen LogP contribution in [-0.4, -0.2) is 11.7 Å². The lowest BCUT2D eigenvalue weighted by Crippen LogP contribution is -2.33. The number of rotatable bonds is 3. The van der Waals surface area contributed by atoms with Crippen molar-refractivity contribution in [2.24, 2.45) is 23.2 Å². The molecule has 3 fully saturated rings. The van der Waals surface area contributed by atoms with Gasteiger partial charge in [-0.25, -0.2) is 0 Å². The molecule has 0 aromatic carbocycles. The van der Waals surface area contributed by atoms with Gasteiger partial charge in [0.1, 0.15) is 0 Å². The van der Waals surface area contributed by atoms with Crippen LogP contribution in [0.15, 0.2) is 0 Å². The zero-order valence-electron chi connectivity index (χ0n) is 9.75. The molecule has 3 rings (SSSR count). The Balaban J connectivity index is 1.69. The fourth-order valence-electron chi connectivity index (χ4n) is 4.86. The second kappa shape index (κ2) is 3.76. The van der Waals surface area contributed by atoms with Crippen LogP contribution >= 0.6 is 0 Å². The number of hydrogen-bond acceptors (Lipinski definition) is 1. The van der Waals surface area contributed by atoms with Crippen LogP contribution in [0.3, 0.4) is 0 Å². The first-order valence-corrected chi connectivity index (χ1v) is 6.93. The largest absolute Gasteiger partial charge is 0.396 e. The molecular formula is C14H24O. The summed E-state index contributed by atoms with van der Waals surface area (Å²) in [7, 11) is 0. The third kappa shape index (κ3) is 1.63. The minimum absolute atomic E-state index is 0.373. The van der Waals surface area contributed by atoms with Crippen molar-refractivity contribution >= 4 is 0 Å². The van der Waals surface area contributed by atoms with Gasteiger partial charge in [-0.1, -0.05) is 32.1 Å². The van der Waals surface area contributed by atoms with Gasteiger partial charge in [-0.2, -0.15) is 0 Å². The molecule has 3 saturated carbocycles. The molecule has 0 radical (unpaired) electrons. The summed E-state index contributed by atoms with van der Waals surface area (Å²) in [6.07, 6.45) is 12.8. The third-order valence-electron chi connectivity index (χ3n) is 5.59. The molecule has 15 heavy (non-hydrogen) atoms. The Hall–Kier alpha value is -0.0400. The minimum atomic E-state index is 0.373. The Morgan fingerprint density at radius 1 is 1.07 bits per heavy atom. The van der Waals surface area contributed by atoms with E-state index in [-0.39, 0.29) is 0 Å². The molecule has 0 heterocycles. The molecule has 0 aliphatic heterocycles. The molecule has 0 spiro atoms. The summed E-state index contributed by atoms with van der Waals surface area (Å²) in [6, 6.07) is 0. The van der Waals surface area contributed by atoms with E-state index in [1.165, 1.54) is 57.8 Å². The fraction of sp³-hybridized carbons (Fsp3) is 1.00. The van der Waals surface area contributed by atoms with Crippen molar-refractivity contribution in [3.8, 4) is 0 Å². The second-order valence-corrected chi connectivity index (χ2v) is 6.46. The Morgan fingerprint density at radius 3 is 2.40 bits per heavy atom. The SMILES string of the molecule is OCC1(CC2CCCC2)CC2CCC1C2. The fourth-order valence-corrected chi connectivity index (χ4v) is 4.86. The first kappa shape index (κ1) is 10.1. The summed E-state index contributed by atoms with van der Waals surface area (Å²) in [5, 5.41) is 9.80. The molecule has 3 unspecified atom stereocenters. The maximum absolute atomic E-state index is 9.80. The molecule has 3 aliphatic rings. The van der Waals surface area contributed by atoms with Crippen molar-refractivity contribution in [1.82, 2.24) is 0 Å². The highest BCUT2D eigenvalue weighted by atomic mass is 16.3. The molecule has 2 bridgehead atoms. The van der Waals surface area contributed by atoms with E-state index >= 15 is 0 Å². The highest BCUT2D eigenvalue weighted by Crippen LogP contribution is 2.59. The normalized spacial score (nSPS) is 45.4. The van der Waals surface area contributed by atoms with Crippen LogP contribution in [-0.2, 0) is 0 Å². The second-order valence-electron chi connectivity index (χ2n) is 6.46. The highest BCUT2D eigenvalue weighted by molar-refractivity contribution is 5.01. The monoisotopic (exact) mass is 208 g/mol. The van der Waals surface area contributed by atoms with Crippen LogP contribution in [0.4, 0.5) is 0 Å². The molecule has 1 N–H and O–H groups in total. The van der Waals surface area contributed by atoms with Gasteiger partial charge in [-0.15, -0.1) is 0 Å². The highest BCUT2D eigenvalue weighted by Gasteiger charge is 2.51. The summed E-state index contributed by atoms with van der Waals surface area (Å²) >= 11 is 0. The predicted molar refractivity (Wildman–Crippen MR) is 61.5 cm³/mol. The first-order chi connectivity index (χ1) is 7.32. The van der Waals surface area contributed by atoms with E-state index in [9.17, 15) is 5.11 Å². The first-order valence-electron chi connectivity index (χ1n) is 6.93. The zero-order valence-corrected chi connectivity index (χ0v) is 9.75. The van der Waals surface area contributed by atoms with Crippen LogP contribution in [0.2, 0.25) is 0 Å². The number of aliphatic hydroxyl groups excluding tert-OH is 1. The van der Waals surface area contributed by atoms with Gasteiger partial charge in [0.2, 0.25) is 0 Å². The van der Waals surface area contributed by atoms with Crippen LogP contribution in [0.5, 0.6) is 0 Å². The van der Waals surface area contributed by atoms with Crippen LogP contribution in [0, 0.1) is 23.2 Å². The Labute approximate surface area is 93.3 Å². The summed E-state index contributed by atoms with van der Waals surface area (Å²) in [6.45, 7) is 0.477. The van der Waals surface area contributed by atoms with E-state index in [2.05, 4.69) is 0 Å². The molecule has 86 valence electrons. The van der Waals surface area contributed by atoms with Gasteiger partial charge in [0.05, 0.1) is 0 Å². The number of aliphatic hydroxyl groups is 1. The summed E-state index contributed by atoms with van der Waals surface area (Å²) in [4.78, 5) is 0. The molecule has 3 atom stereocenters. The van der Waals surface area contributed by atoms with E-state index < -0.39 is 0 Å². The summed E-state index contributed by atoms with van der Waals surface area (Å²) in [5.41, 5.74) is 0.373. The van der Waals surface area contributed by atoms with Crippen LogP contribution < -0.4 is 0 Å². The summed E-state index contributed by atoms with van der Waals surface area (Å²) in [5.74, 6) is 2.81. The Bertz CT molecular complexity index is 231. The minimum Gasteiger partial charge on any atom is -0.396 e.